The first-order valence-corrected chi connectivity index (χ1v) is 6.03. The molecule has 1 aliphatic carbocycles. The van der Waals surface area contributed by atoms with Gasteiger partial charge in [0.1, 0.15) is 5.82 Å². The van der Waals surface area contributed by atoms with Crippen LogP contribution >= 0.6 is 0 Å². The van der Waals surface area contributed by atoms with Gasteiger partial charge in [-0.05, 0) is 37.3 Å². The van der Waals surface area contributed by atoms with E-state index in [1.165, 1.54) is 30.3 Å². The van der Waals surface area contributed by atoms with E-state index in [1.54, 1.807) is 25.2 Å². The average molecular weight is 259 g/mol. The SMILES string of the molecule is CC(NC(=O)c1ccc(F)cc1)C1C=CC=CC1=O. The summed E-state index contributed by atoms with van der Waals surface area (Å²) in [4.78, 5) is 23.6. The Morgan fingerprint density at radius 2 is 1.95 bits per heavy atom. The van der Waals surface area contributed by atoms with Gasteiger partial charge in [0.05, 0.1) is 5.92 Å². The van der Waals surface area contributed by atoms with Gasteiger partial charge in [-0.15, -0.1) is 0 Å². The Bertz CT molecular complexity index is 546. The Morgan fingerprint density at radius 1 is 1.26 bits per heavy atom. The summed E-state index contributed by atoms with van der Waals surface area (Å²) in [6.07, 6.45) is 6.71. The zero-order valence-corrected chi connectivity index (χ0v) is 10.5. The van der Waals surface area contributed by atoms with E-state index >= 15 is 0 Å². The quantitative estimate of drug-likeness (QED) is 0.905. The molecule has 0 spiro atoms. The Hall–Kier alpha value is -2.23. The fourth-order valence-corrected chi connectivity index (χ4v) is 1.93. The largest absolute Gasteiger partial charge is 0.349 e. The number of nitrogens with one attached hydrogen (secondary N) is 1. The zero-order chi connectivity index (χ0) is 13.8. The second-order valence-electron chi connectivity index (χ2n) is 4.44. The summed E-state index contributed by atoms with van der Waals surface area (Å²) in [6, 6.07) is 4.97. The van der Waals surface area contributed by atoms with Crippen molar-refractivity contribution in [2.24, 2.45) is 5.92 Å². The maximum absolute atomic E-state index is 12.8. The first-order valence-electron chi connectivity index (χ1n) is 6.03. The van der Waals surface area contributed by atoms with Crippen molar-refractivity contribution in [3.63, 3.8) is 0 Å². The first-order chi connectivity index (χ1) is 9.08. The first kappa shape index (κ1) is 13.2. The van der Waals surface area contributed by atoms with Gasteiger partial charge in [-0.3, -0.25) is 9.59 Å². The molecule has 0 radical (unpaired) electrons. The molecule has 2 atom stereocenters. The van der Waals surface area contributed by atoms with Crippen LogP contribution in [0.25, 0.3) is 0 Å². The van der Waals surface area contributed by atoms with Gasteiger partial charge < -0.3 is 5.32 Å². The third kappa shape index (κ3) is 3.16. The lowest BCUT2D eigenvalue weighted by molar-refractivity contribution is -0.117. The minimum atomic E-state index is -0.389. The molecule has 1 aromatic carbocycles. The number of hydrogen-bond acceptors (Lipinski definition) is 2. The maximum Gasteiger partial charge on any atom is 0.251 e. The van der Waals surface area contributed by atoms with Crippen LogP contribution in [-0.4, -0.2) is 17.7 Å². The van der Waals surface area contributed by atoms with E-state index in [1.807, 2.05) is 0 Å². The van der Waals surface area contributed by atoms with Crippen molar-refractivity contribution < 1.29 is 14.0 Å². The number of halogens is 1. The summed E-state index contributed by atoms with van der Waals surface area (Å²) in [5.41, 5.74) is 0.371. The monoisotopic (exact) mass is 259 g/mol. The summed E-state index contributed by atoms with van der Waals surface area (Å²) in [5.74, 6) is -1.09. The number of carbonyl (C=O) groups excluding carboxylic acids is 2. The maximum atomic E-state index is 12.8. The second-order valence-corrected chi connectivity index (χ2v) is 4.44. The Kier molecular flexibility index (Phi) is 3.90. The molecular formula is C15H14FNO2. The van der Waals surface area contributed by atoms with E-state index in [0.29, 0.717) is 5.56 Å². The predicted octanol–water partition coefficient (Wildman–Crippen LogP) is 2.26. The minimum Gasteiger partial charge on any atom is -0.349 e. The predicted molar refractivity (Wildman–Crippen MR) is 70.1 cm³/mol. The Morgan fingerprint density at radius 3 is 2.58 bits per heavy atom. The number of amides is 1. The molecule has 1 aliphatic rings. The van der Waals surface area contributed by atoms with Crippen molar-refractivity contribution in [3.05, 3.63) is 60.0 Å². The second kappa shape index (κ2) is 5.61. The van der Waals surface area contributed by atoms with Crippen molar-refractivity contribution >= 4 is 11.7 Å². The van der Waals surface area contributed by atoms with Gasteiger partial charge in [0.2, 0.25) is 0 Å². The molecule has 98 valence electrons. The van der Waals surface area contributed by atoms with Gasteiger partial charge in [0, 0.05) is 11.6 Å². The van der Waals surface area contributed by atoms with Crippen molar-refractivity contribution in [2.75, 3.05) is 0 Å². The molecular weight excluding hydrogens is 245 g/mol. The van der Waals surface area contributed by atoms with Crippen molar-refractivity contribution in [1.82, 2.24) is 5.32 Å². The lowest BCUT2D eigenvalue weighted by atomic mass is 9.92. The third-order valence-electron chi connectivity index (χ3n) is 3.02. The molecule has 0 saturated carbocycles. The number of allylic oxidation sites excluding steroid dienone is 3. The molecule has 19 heavy (non-hydrogen) atoms. The number of benzene rings is 1. The number of hydrogen-bond donors (Lipinski definition) is 1. The summed E-state index contributed by atoms with van der Waals surface area (Å²) >= 11 is 0. The molecule has 2 rings (SSSR count). The lowest BCUT2D eigenvalue weighted by Crippen LogP contribution is -2.40. The Labute approximate surface area is 110 Å². The average Bonchev–Trinajstić information content (AvgIpc) is 2.39. The molecule has 2 unspecified atom stereocenters. The van der Waals surface area contributed by atoms with E-state index in [-0.39, 0.29) is 29.5 Å². The molecule has 0 fully saturated rings. The van der Waals surface area contributed by atoms with E-state index in [2.05, 4.69) is 5.32 Å². The topological polar surface area (TPSA) is 46.2 Å². The van der Waals surface area contributed by atoms with Crippen LogP contribution in [0.4, 0.5) is 4.39 Å². The van der Waals surface area contributed by atoms with Crippen molar-refractivity contribution in [2.45, 2.75) is 13.0 Å². The summed E-state index contributed by atoms with van der Waals surface area (Å²) in [5, 5.41) is 2.75. The van der Waals surface area contributed by atoms with E-state index < -0.39 is 0 Å². The molecule has 1 aromatic rings. The van der Waals surface area contributed by atoms with Crippen molar-refractivity contribution in [1.29, 1.82) is 0 Å². The molecule has 3 nitrogen and oxygen atoms in total. The Balaban J connectivity index is 2.02. The molecule has 0 bridgehead atoms. The normalized spacial score (nSPS) is 19.3. The van der Waals surface area contributed by atoms with Gasteiger partial charge in [0.15, 0.2) is 5.78 Å². The van der Waals surface area contributed by atoms with E-state index in [9.17, 15) is 14.0 Å². The van der Waals surface area contributed by atoms with Crippen LogP contribution in [0.15, 0.2) is 48.6 Å². The smallest absolute Gasteiger partial charge is 0.251 e. The molecule has 0 aromatic heterocycles. The molecule has 1 amide bonds. The van der Waals surface area contributed by atoms with Gasteiger partial charge in [-0.1, -0.05) is 18.2 Å². The summed E-state index contributed by atoms with van der Waals surface area (Å²) in [6.45, 7) is 1.77. The standard InChI is InChI=1S/C15H14FNO2/c1-10(13-4-2-3-5-14(13)18)17-15(19)11-6-8-12(16)9-7-11/h2-10,13H,1H3,(H,17,19). The highest BCUT2D eigenvalue weighted by Crippen LogP contribution is 2.13. The number of carbonyl (C=O) groups is 2. The number of rotatable bonds is 3. The highest BCUT2D eigenvalue weighted by Gasteiger charge is 2.23. The fourth-order valence-electron chi connectivity index (χ4n) is 1.93. The van der Waals surface area contributed by atoms with E-state index in [4.69, 9.17) is 0 Å². The van der Waals surface area contributed by atoms with Gasteiger partial charge in [0.25, 0.3) is 5.91 Å². The van der Waals surface area contributed by atoms with Crippen LogP contribution in [0, 0.1) is 11.7 Å². The molecule has 0 aliphatic heterocycles. The summed E-state index contributed by atoms with van der Waals surface area (Å²) < 4.78 is 12.8. The van der Waals surface area contributed by atoms with Crippen molar-refractivity contribution in [3.8, 4) is 0 Å². The summed E-state index contributed by atoms with van der Waals surface area (Å²) in [7, 11) is 0. The number of ketones is 1. The molecule has 1 N–H and O–H groups in total. The highest BCUT2D eigenvalue weighted by molar-refractivity contribution is 5.97. The fraction of sp³-hybridized carbons (Fsp3) is 0.200. The minimum absolute atomic E-state index is 0.0330. The van der Waals surface area contributed by atoms with Crippen LogP contribution in [0.2, 0.25) is 0 Å². The third-order valence-corrected chi connectivity index (χ3v) is 3.02. The van der Waals surface area contributed by atoms with Crippen LogP contribution in [0.3, 0.4) is 0 Å². The molecule has 0 heterocycles. The van der Waals surface area contributed by atoms with Crippen LogP contribution in [0.1, 0.15) is 17.3 Å². The van der Waals surface area contributed by atoms with Crippen LogP contribution in [0.5, 0.6) is 0 Å². The van der Waals surface area contributed by atoms with Gasteiger partial charge in [-0.2, -0.15) is 0 Å². The van der Waals surface area contributed by atoms with E-state index in [0.717, 1.165) is 0 Å². The zero-order valence-electron chi connectivity index (χ0n) is 10.5. The highest BCUT2D eigenvalue weighted by atomic mass is 19.1. The van der Waals surface area contributed by atoms with Gasteiger partial charge in [-0.25, -0.2) is 4.39 Å². The van der Waals surface area contributed by atoms with Crippen LogP contribution in [-0.2, 0) is 4.79 Å². The van der Waals surface area contributed by atoms with Crippen LogP contribution < -0.4 is 5.32 Å². The van der Waals surface area contributed by atoms with Gasteiger partial charge >= 0.3 is 0 Å². The molecule has 4 heteroatoms. The molecule has 0 saturated heterocycles. The lowest BCUT2D eigenvalue weighted by Gasteiger charge is -2.21.